The van der Waals surface area contributed by atoms with Gasteiger partial charge in [-0.05, 0) is 34.4 Å². The van der Waals surface area contributed by atoms with Crippen molar-refractivity contribution in [3.63, 3.8) is 0 Å². The molecule has 0 aromatic heterocycles. The van der Waals surface area contributed by atoms with E-state index in [1.165, 1.54) is 11.1 Å². The molecule has 0 spiro atoms. The maximum absolute atomic E-state index is 13.3. The Hall–Kier alpha value is -3.12. The summed E-state index contributed by atoms with van der Waals surface area (Å²) in [6.45, 7) is 1.16. The van der Waals surface area contributed by atoms with Crippen LogP contribution in [-0.2, 0) is 11.3 Å². The zero-order valence-corrected chi connectivity index (χ0v) is 18.6. The molecule has 0 unspecified atom stereocenters. The fraction of sp³-hybridized carbons (Fsp3) is 0.200. The molecule has 0 saturated carbocycles. The Balaban J connectivity index is 1.58. The molecule has 6 heteroatoms. The number of hydrogen-bond donors (Lipinski definition) is 2. The number of carbonyl (C=O) groups excluding carboxylic acids is 2. The smallest absolute Gasteiger partial charge is 0.312 e. The van der Waals surface area contributed by atoms with Crippen molar-refractivity contribution in [2.45, 2.75) is 24.9 Å². The molecule has 0 radical (unpaired) electrons. The molecule has 0 fully saturated rings. The number of primary amides is 1. The Kier molecular flexibility index (Phi) is 6.37. The van der Waals surface area contributed by atoms with Gasteiger partial charge in [0.25, 0.3) is 0 Å². The monoisotopic (exact) mass is 477 g/mol. The van der Waals surface area contributed by atoms with Crippen LogP contribution in [0.2, 0.25) is 0 Å². The fourth-order valence-electron chi connectivity index (χ4n) is 4.19. The second kappa shape index (κ2) is 9.35. The number of fused-ring (bicyclic) bond motifs is 1. The van der Waals surface area contributed by atoms with Crippen molar-refractivity contribution in [2.24, 2.45) is 5.73 Å². The minimum absolute atomic E-state index is 0.0166. The molecule has 3 aromatic carbocycles. The van der Waals surface area contributed by atoms with Crippen LogP contribution >= 0.6 is 15.9 Å². The van der Waals surface area contributed by atoms with Crippen molar-refractivity contribution in [2.75, 3.05) is 6.54 Å². The largest absolute Gasteiger partial charge is 0.352 e. The number of halogens is 1. The van der Waals surface area contributed by atoms with Crippen LogP contribution in [0.25, 0.3) is 0 Å². The summed E-state index contributed by atoms with van der Waals surface area (Å²) in [6, 6.07) is 25.0. The van der Waals surface area contributed by atoms with Gasteiger partial charge in [-0.1, -0.05) is 82.7 Å². The standard InChI is InChI=1S/C25H24BrN3O2/c26-20-12-10-18(11-13-20)23(28-25(27)31)14-24(30)29-15-19-8-4-5-9-21(19)22(16-29)17-6-2-1-3-7-17/h1-13,22-23H,14-16H2,(H3,27,28,31)/t22-,23-/m1/s1. The van der Waals surface area contributed by atoms with Crippen LogP contribution < -0.4 is 11.1 Å². The molecular formula is C25H24BrN3O2. The van der Waals surface area contributed by atoms with Crippen LogP contribution in [0.4, 0.5) is 4.79 Å². The summed E-state index contributed by atoms with van der Waals surface area (Å²) in [7, 11) is 0. The van der Waals surface area contributed by atoms with Gasteiger partial charge in [-0.25, -0.2) is 4.79 Å². The third-order valence-corrected chi connectivity index (χ3v) is 6.25. The number of hydrogen-bond acceptors (Lipinski definition) is 2. The normalized spacial score (nSPS) is 16.3. The lowest BCUT2D eigenvalue weighted by Gasteiger charge is -2.36. The number of amides is 3. The predicted molar refractivity (Wildman–Crippen MR) is 124 cm³/mol. The van der Waals surface area contributed by atoms with Crippen molar-refractivity contribution in [1.29, 1.82) is 0 Å². The van der Waals surface area contributed by atoms with Crippen molar-refractivity contribution >= 4 is 27.9 Å². The van der Waals surface area contributed by atoms with E-state index in [4.69, 9.17) is 5.73 Å². The lowest BCUT2D eigenvalue weighted by molar-refractivity contribution is -0.132. The summed E-state index contributed by atoms with van der Waals surface area (Å²) in [4.78, 5) is 26.8. The minimum Gasteiger partial charge on any atom is -0.352 e. The maximum Gasteiger partial charge on any atom is 0.312 e. The topological polar surface area (TPSA) is 75.4 Å². The maximum atomic E-state index is 13.3. The van der Waals surface area contributed by atoms with Crippen molar-refractivity contribution in [3.05, 3.63) is 106 Å². The van der Waals surface area contributed by atoms with Gasteiger partial charge in [0.15, 0.2) is 0 Å². The molecule has 4 rings (SSSR count). The zero-order chi connectivity index (χ0) is 21.8. The first-order chi connectivity index (χ1) is 15.0. The van der Waals surface area contributed by atoms with Crippen LogP contribution in [-0.4, -0.2) is 23.4 Å². The second-order valence-corrected chi connectivity index (χ2v) is 8.67. The first kappa shape index (κ1) is 21.1. The Bertz CT molecular complexity index is 1070. The summed E-state index contributed by atoms with van der Waals surface area (Å²) in [5, 5.41) is 2.72. The average Bonchev–Trinajstić information content (AvgIpc) is 2.78. The number of rotatable bonds is 5. The van der Waals surface area contributed by atoms with Gasteiger partial charge in [0, 0.05) is 23.5 Å². The highest BCUT2D eigenvalue weighted by Gasteiger charge is 2.30. The average molecular weight is 478 g/mol. The summed E-state index contributed by atoms with van der Waals surface area (Å²) in [5.41, 5.74) is 9.83. The van der Waals surface area contributed by atoms with Crippen LogP contribution in [0.3, 0.4) is 0 Å². The molecule has 0 aliphatic carbocycles. The minimum atomic E-state index is -0.646. The highest BCUT2D eigenvalue weighted by Crippen LogP contribution is 2.34. The molecule has 3 amide bonds. The summed E-state index contributed by atoms with van der Waals surface area (Å²) in [6.07, 6.45) is 0.147. The number of nitrogens with one attached hydrogen (secondary N) is 1. The third kappa shape index (κ3) is 4.97. The molecule has 5 nitrogen and oxygen atoms in total. The number of nitrogens with zero attached hydrogens (tertiary/aromatic N) is 1. The van der Waals surface area contributed by atoms with Crippen LogP contribution in [0.5, 0.6) is 0 Å². The highest BCUT2D eigenvalue weighted by atomic mass is 79.9. The van der Waals surface area contributed by atoms with Crippen molar-refractivity contribution < 1.29 is 9.59 Å². The van der Waals surface area contributed by atoms with Gasteiger partial charge >= 0.3 is 6.03 Å². The number of nitrogens with two attached hydrogens (primary N) is 1. The van der Waals surface area contributed by atoms with Gasteiger partial charge in [-0.2, -0.15) is 0 Å². The lowest BCUT2D eigenvalue weighted by atomic mass is 9.84. The highest BCUT2D eigenvalue weighted by molar-refractivity contribution is 9.10. The number of carbonyl (C=O) groups is 2. The van der Waals surface area contributed by atoms with Crippen molar-refractivity contribution in [1.82, 2.24) is 10.2 Å². The van der Waals surface area contributed by atoms with E-state index in [2.05, 4.69) is 45.5 Å². The first-order valence-corrected chi connectivity index (χ1v) is 11.0. The first-order valence-electron chi connectivity index (χ1n) is 10.2. The van der Waals surface area contributed by atoms with E-state index in [1.807, 2.05) is 59.5 Å². The van der Waals surface area contributed by atoms with Crippen LogP contribution in [0, 0.1) is 0 Å². The molecule has 0 bridgehead atoms. The lowest BCUT2D eigenvalue weighted by Crippen LogP contribution is -2.41. The number of benzene rings is 3. The summed E-state index contributed by atoms with van der Waals surface area (Å²) < 4.78 is 0.929. The number of urea groups is 1. The van der Waals surface area contributed by atoms with E-state index < -0.39 is 12.1 Å². The Labute approximate surface area is 190 Å². The molecule has 1 aliphatic heterocycles. The quantitative estimate of drug-likeness (QED) is 0.557. The van der Waals surface area contributed by atoms with E-state index in [-0.39, 0.29) is 18.2 Å². The molecule has 31 heavy (non-hydrogen) atoms. The summed E-state index contributed by atoms with van der Waals surface area (Å²) >= 11 is 3.42. The van der Waals surface area contributed by atoms with Gasteiger partial charge in [-0.15, -0.1) is 0 Å². The molecule has 3 aromatic rings. The Morgan fingerprint density at radius 2 is 1.68 bits per heavy atom. The molecule has 1 aliphatic rings. The molecule has 0 saturated heterocycles. The second-order valence-electron chi connectivity index (χ2n) is 7.75. The van der Waals surface area contributed by atoms with Gasteiger partial charge < -0.3 is 16.0 Å². The van der Waals surface area contributed by atoms with E-state index in [0.717, 1.165) is 15.6 Å². The molecule has 3 N–H and O–H groups in total. The van der Waals surface area contributed by atoms with Crippen LogP contribution in [0.15, 0.2) is 83.3 Å². The molecular weight excluding hydrogens is 454 g/mol. The fourth-order valence-corrected chi connectivity index (χ4v) is 4.45. The van der Waals surface area contributed by atoms with E-state index in [1.54, 1.807) is 0 Å². The van der Waals surface area contributed by atoms with E-state index in [9.17, 15) is 9.59 Å². The van der Waals surface area contributed by atoms with Gasteiger partial charge in [0.2, 0.25) is 5.91 Å². The van der Waals surface area contributed by atoms with Gasteiger partial charge in [0.05, 0.1) is 12.5 Å². The molecule has 158 valence electrons. The predicted octanol–water partition coefficient (Wildman–Crippen LogP) is 4.72. The van der Waals surface area contributed by atoms with E-state index >= 15 is 0 Å². The molecule has 2 atom stereocenters. The SMILES string of the molecule is NC(=O)N[C@H](CC(=O)N1Cc2ccccc2[C@@H](c2ccccc2)C1)c1ccc(Br)cc1. The van der Waals surface area contributed by atoms with Gasteiger partial charge in [0.1, 0.15) is 0 Å². The Morgan fingerprint density at radius 3 is 2.39 bits per heavy atom. The molecule has 1 heterocycles. The van der Waals surface area contributed by atoms with E-state index in [0.29, 0.717) is 13.1 Å². The van der Waals surface area contributed by atoms with Crippen LogP contribution in [0.1, 0.15) is 40.6 Å². The third-order valence-electron chi connectivity index (χ3n) is 5.72. The summed E-state index contributed by atoms with van der Waals surface area (Å²) in [5.74, 6) is 0.0995. The zero-order valence-electron chi connectivity index (χ0n) is 17.0. The Morgan fingerprint density at radius 1 is 1.00 bits per heavy atom. The van der Waals surface area contributed by atoms with Crippen molar-refractivity contribution in [3.8, 4) is 0 Å². The van der Waals surface area contributed by atoms with Gasteiger partial charge in [-0.3, -0.25) is 4.79 Å².